The maximum absolute atomic E-state index is 12.3. The van der Waals surface area contributed by atoms with Gasteiger partial charge >= 0.3 is 0 Å². The minimum absolute atomic E-state index is 0.168. The number of hydrogen-bond donors (Lipinski definition) is 0. The average molecular weight is 323 g/mol. The third-order valence-corrected chi connectivity index (χ3v) is 4.22. The molecule has 2 aliphatic heterocycles. The van der Waals surface area contributed by atoms with Gasteiger partial charge in [0.1, 0.15) is 0 Å². The van der Waals surface area contributed by atoms with E-state index in [1.807, 2.05) is 0 Å². The van der Waals surface area contributed by atoms with Crippen LogP contribution in [0.1, 0.15) is 40.0 Å². The first-order valence-corrected chi connectivity index (χ1v) is 7.34. The molecule has 0 radical (unpaired) electrons. The van der Waals surface area contributed by atoms with Gasteiger partial charge in [0.15, 0.2) is 0 Å². The molecule has 0 atom stereocenters. The lowest BCUT2D eigenvalue weighted by Crippen LogP contribution is -2.43. The SMILES string of the molecule is O=C1c2ccc(Br)cc2C(=O)N1CN1CCCCC1. The fourth-order valence-electron chi connectivity index (χ4n) is 2.69. The summed E-state index contributed by atoms with van der Waals surface area (Å²) in [5, 5.41) is 0. The Morgan fingerprint density at radius 2 is 1.68 bits per heavy atom. The summed E-state index contributed by atoms with van der Waals surface area (Å²) in [6.07, 6.45) is 3.54. The van der Waals surface area contributed by atoms with Crippen molar-refractivity contribution in [3.63, 3.8) is 0 Å². The highest BCUT2D eigenvalue weighted by Crippen LogP contribution is 2.26. The third kappa shape index (κ3) is 2.32. The lowest BCUT2D eigenvalue weighted by atomic mass is 10.1. The molecule has 2 aliphatic rings. The molecule has 1 aromatic carbocycles. The number of carbonyl (C=O) groups is 2. The van der Waals surface area contributed by atoms with Crippen molar-refractivity contribution in [3.05, 3.63) is 33.8 Å². The van der Waals surface area contributed by atoms with Gasteiger partial charge in [0.05, 0.1) is 17.8 Å². The lowest BCUT2D eigenvalue weighted by Gasteiger charge is -2.29. The zero-order valence-corrected chi connectivity index (χ0v) is 12.1. The molecule has 1 saturated heterocycles. The summed E-state index contributed by atoms with van der Waals surface area (Å²) in [4.78, 5) is 28.1. The van der Waals surface area contributed by atoms with Crippen molar-refractivity contribution in [2.24, 2.45) is 0 Å². The Morgan fingerprint density at radius 3 is 2.42 bits per heavy atom. The van der Waals surface area contributed by atoms with Gasteiger partial charge in [0.2, 0.25) is 0 Å². The van der Waals surface area contributed by atoms with Gasteiger partial charge in [-0.3, -0.25) is 19.4 Å². The minimum Gasteiger partial charge on any atom is -0.286 e. The van der Waals surface area contributed by atoms with E-state index in [4.69, 9.17) is 0 Å². The predicted molar refractivity (Wildman–Crippen MR) is 74.9 cm³/mol. The molecule has 0 unspecified atom stereocenters. The van der Waals surface area contributed by atoms with Gasteiger partial charge in [-0.1, -0.05) is 22.4 Å². The first-order chi connectivity index (χ1) is 9.16. The van der Waals surface area contributed by atoms with Crippen LogP contribution in [0.15, 0.2) is 22.7 Å². The van der Waals surface area contributed by atoms with Crippen LogP contribution in [0.5, 0.6) is 0 Å². The Bertz CT molecular complexity index is 538. The van der Waals surface area contributed by atoms with Crippen LogP contribution in [0, 0.1) is 0 Å². The highest BCUT2D eigenvalue weighted by Gasteiger charge is 2.36. The van der Waals surface area contributed by atoms with Crippen LogP contribution in [0.25, 0.3) is 0 Å². The van der Waals surface area contributed by atoms with E-state index in [0.29, 0.717) is 17.8 Å². The van der Waals surface area contributed by atoms with Crippen LogP contribution in [-0.4, -0.2) is 41.4 Å². The lowest BCUT2D eigenvalue weighted by molar-refractivity contribution is 0.0519. The molecule has 0 aromatic heterocycles. The smallest absolute Gasteiger partial charge is 0.262 e. The molecule has 0 saturated carbocycles. The summed E-state index contributed by atoms with van der Waals surface area (Å²) in [6.45, 7) is 2.36. The second-order valence-corrected chi connectivity index (χ2v) is 5.96. The normalized spacial score (nSPS) is 19.9. The number of benzene rings is 1. The number of nitrogens with zero attached hydrogens (tertiary/aromatic N) is 2. The second kappa shape index (κ2) is 5.06. The number of piperidine rings is 1. The van der Waals surface area contributed by atoms with Crippen LogP contribution >= 0.6 is 15.9 Å². The van der Waals surface area contributed by atoms with E-state index < -0.39 is 0 Å². The van der Waals surface area contributed by atoms with Crippen LogP contribution in [-0.2, 0) is 0 Å². The highest BCUT2D eigenvalue weighted by atomic mass is 79.9. The van der Waals surface area contributed by atoms with E-state index in [1.165, 1.54) is 11.3 Å². The van der Waals surface area contributed by atoms with Gasteiger partial charge in [-0.05, 0) is 44.1 Å². The number of carbonyl (C=O) groups excluding carboxylic acids is 2. The number of halogens is 1. The predicted octanol–water partition coefficient (Wildman–Crippen LogP) is 2.49. The highest BCUT2D eigenvalue weighted by molar-refractivity contribution is 9.10. The molecule has 100 valence electrons. The fourth-order valence-corrected chi connectivity index (χ4v) is 3.05. The van der Waals surface area contributed by atoms with E-state index in [9.17, 15) is 9.59 Å². The molecule has 5 heteroatoms. The van der Waals surface area contributed by atoms with E-state index >= 15 is 0 Å². The van der Waals surface area contributed by atoms with Crippen molar-refractivity contribution < 1.29 is 9.59 Å². The van der Waals surface area contributed by atoms with E-state index in [-0.39, 0.29) is 11.8 Å². The summed E-state index contributed by atoms with van der Waals surface area (Å²) >= 11 is 3.34. The van der Waals surface area contributed by atoms with Crippen molar-refractivity contribution >= 4 is 27.7 Å². The molecular weight excluding hydrogens is 308 g/mol. The number of hydrogen-bond acceptors (Lipinski definition) is 3. The van der Waals surface area contributed by atoms with Crippen LogP contribution < -0.4 is 0 Å². The van der Waals surface area contributed by atoms with Gasteiger partial charge in [0.25, 0.3) is 11.8 Å². The van der Waals surface area contributed by atoms with Gasteiger partial charge in [-0.25, -0.2) is 0 Å². The van der Waals surface area contributed by atoms with E-state index in [0.717, 1.165) is 30.4 Å². The number of fused-ring (bicyclic) bond motifs is 1. The summed E-state index contributed by atoms with van der Waals surface area (Å²) < 4.78 is 0.826. The first kappa shape index (κ1) is 12.8. The summed E-state index contributed by atoms with van der Waals surface area (Å²) in [7, 11) is 0. The Morgan fingerprint density at radius 1 is 1.00 bits per heavy atom. The largest absolute Gasteiger partial charge is 0.286 e. The molecule has 0 spiro atoms. The standard InChI is InChI=1S/C14H15BrN2O2/c15-10-4-5-11-12(8-10)14(19)17(13(11)18)9-16-6-2-1-3-7-16/h4-5,8H,1-3,6-7,9H2. The molecular formula is C14H15BrN2O2. The van der Waals surface area contributed by atoms with Crippen molar-refractivity contribution in [2.45, 2.75) is 19.3 Å². The molecule has 2 amide bonds. The minimum atomic E-state index is -0.174. The summed E-state index contributed by atoms with van der Waals surface area (Å²) in [5.74, 6) is -0.343. The van der Waals surface area contributed by atoms with Crippen LogP contribution in [0.3, 0.4) is 0 Å². The molecule has 1 aromatic rings. The van der Waals surface area contributed by atoms with E-state index in [1.54, 1.807) is 18.2 Å². The molecule has 0 N–H and O–H groups in total. The van der Waals surface area contributed by atoms with E-state index in [2.05, 4.69) is 20.8 Å². The van der Waals surface area contributed by atoms with Gasteiger partial charge in [-0.15, -0.1) is 0 Å². The van der Waals surface area contributed by atoms with Crippen molar-refractivity contribution in [1.29, 1.82) is 0 Å². The zero-order valence-electron chi connectivity index (χ0n) is 10.6. The Kier molecular flexibility index (Phi) is 3.41. The molecule has 4 nitrogen and oxygen atoms in total. The maximum atomic E-state index is 12.3. The average Bonchev–Trinajstić information content (AvgIpc) is 2.65. The quantitative estimate of drug-likeness (QED) is 0.785. The second-order valence-electron chi connectivity index (χ2n) is 5.05. The zero-order chi connectivity index (χ0) is 13.4. The van der Waals surface area contributed by atoms with Crippen molar-refractivity contribution in [2.75, 3.05) is 19.8 Å². The molecule has 0 aliphatic carbocycles. The molecule has 1 fully saturated rings. The van der Waals surface area contributed by atoms with Crippen molar-refractivity contribution in [1.82, 2.24) is 9.80 Å². The Balaban J connectivity index is 1.81. The number of rotatable bonds is 2. The number of imide groups is 1. The Hall–Kier alpha value is -1.20. The Labute approximate surface area is 120 Å². The number of likely N-dealkylation sites (tertiary alicyclic amines) is 1. The van der Waals surface area contributed by atoms with Gasteiger partial charge < -0.3 is 0 Å². The van der Waals surface area contributed by atoms with Crippen LogP contribution in [0.2, 0.25) is 0 Å². The number of amides is 2. The van der Waals surface area contributed by atoms with Gasteiger partial charge in [-0.2, -0.15) is 0 Å². The topological polar surface area (TPSA) is 40.6 Å². The molecule has 3 rings (SSSR count). The first-order valence-electron chi connectivity index (χ1n) is 6.55. The third-order valence-electron chi connectivity index (χ3n) is 3.72. The van der Waals surface area contributed by atoms with Crippen molar-refractivity contribution in [3.8, 4) is 0 Å². The van der Waals surface area contributed by atoms with Gasteiger partial charge in [0, 0.05) is 4.47 Å². The molecule has 0 bridgehead atoms. The monoisotopic (exact) mass is 322 g/mol. The molecule has 2 heterocycles. The van der Waals surface area contributed by atoms with Crippen LogP contribution in [0.4, 0.5) is 0 Å². The summed E-state index contributed by atoms with van der Waals surface area (Å²) in [5.41, 5.74) is 1.03. The maximum Gasteiger partial charge on any atom is 0.262 e. The fraction of sp³-hybridized carbons (Fsp3) is 0.429. The molecule has 19 heavy (non-hydrogen) atoms. The summed E-state index contributed by atoms with van der Waals surface area (Å²) in [6, 6.07) is 5.25.